The number of pyridine rings is 1. The number of aryl methyl sites for hydroxylation is 3. The molecule has 0 radical (unpaired) electrons. The molecule has 12 heteroatoms. The summed E-state index contributed by atoms with van der Waals surface area (Å²) >= 11 is 0. The first-order chi connectivity index (χ1) is 22.3. The van der Waals surface area contributed by atoms with Crippen molar-refractivity contribution in [2.75, 3.05) is 26.3 Å². The molecule has 2 atom stereocenters. The van der Waals surface area contributed by atoms with Crippen molar-refractivity contribution in [1.82, 2.24) is 25.9 Å². The molecule has 3 heterocycles. The summed E-state index contributed by atoms with van der Waals surface area (Å²) < 4.78 is 10.9. The van der Waals surface area contributed by atoms with Crippen molar-refractivity contribution in [1.29, 1.82) is 0 Å². The van der Waals surface area contributed by atoms with Crippen LogP contribution in [-0.4, -0.2) is 71.8 Å². The van der Waals surface area contributed by atoms with Crippen LogP contribution in [0.1, 0.15) is 90.5 Å². The second-order valence-electron chi connectivity index (χ2n) is 12.3. The number of rotatable bonds is 12. The van der Waals surface area contributed by atoms with Gasteiger partial charge in [0, 0.05) is 34.8 Å². The average molecular weight is 658 g/mol. The van der Waals surface area contributed by atoms with Gasteiger partial charge >= 0.3 is 5.97 Å². The number of ketones is 1. The van der Waals surface area contributed by atoms with Crippen molar-refractivity contribution in [2.45, 2.75) is 73.8 Å². The number of fused-ring (bicyclic) bond motifs is 1. The second kappa shape index (κ2) is 17.3. The van der Waals surface area contributed by atoms with Gasteiger partial charge in [0.25, 0.3) is 5.91 Å². The molecule has 0 aliphatic carbocycles. The summed E-state index contributed by atoms with van der Waals surface area (Å²) in [7, 11) is 0. The molecule has 0 spiro atoms. The van der Waals surface area contributed by atoms with Gasteiger partial charge < -0.3 is 30.4 Å². The van der Waals surface area contributed by atoms with E-state index in [-0.39, 0.29) is 29.3 Å². The number of nitrogens with zero attached hydrogens (tertiary/aromatic N) is 1. The Labute approximate surface area is 281 Å². The Morgan fingerprint density at radius 1 is 1.11 bits per heavy atom. The fourth-order valence-corrected chi connectivity index (χ4v) is 5.29. The summed E-state index contributed by atoms with van der Waals surface area (Å²) in [4.78, 5) is 71.4. The number of H-pyrrole nitrogens is 1. The number of Topliss-reactive ketones (excluding diaryl/α,β-unsaturated/α-hetero) is 1. The lowest BCUT2D eigenvalue weighted by atomic mass is 9.90. The smallest absolute Gasteiger partial charge is 0.340 e. The van der Waals surface area contributed by atoms with Gasteiger partial charge in [0.15, 0.2) is 12.4 Å². The number of nitrogens with one attached hydrogen (secondary N) is 4. The van der Waals surface area contributed by atoms with Crippen LogP contribution in [0.2, 0.25) is 0 Å². The fourth-order valence-electron chi connectivity index (χ4n) is 5.29. The predicted octanol–water partition coefficient (Wildman–Crippen LogP) is 5.09. The zero-order valence-electron chi connectivity index (χ0n) is 28.4. The monoisotopic (exact) mass is 657 g/mol. The maximum absolute atomic E-state index is 13.2. The summed E-state index contributed by atoms with van der Waals surface area (Å²) in [5, 5.41) is 8.68. The number of hydrogen-bond donors (Lipinski definition) is 4. The lowest BCUT2D eigenvalue weighted by Gasteiger charge is -2.26. The van der Waals surface area contributed by atoms with Crippen molar-refractivity contribution in [3.63, 3.8) is 0 Å². The van der Waals surface area contributed by atoms with Crippen molar-refractivity contribution in [3.8, 4) is 5.75 Å². The van der Waals surface area contributed by atoms with E-state index in [1.54, 1.807) is 38.1 Å². The number of esters is 1. The van der Waals surface area contributed by atoms with Crippen LogP contribution in [0.25, 0.3) is 10.9 Å². The first-order valence-corrected chi connectivity index (χ1v) is 16.0. The molecule has 12 nitrogen and oxygen atoms in total. The number of carbonyl (C=O) groups is 5. The topological polar surface area (TPSA) is 169 Å². The van der Waals surface area contributed by atoms with Crippen LogP contribution in [0.3, 0.4) is 0 Å². The van der Waals surface area contributed by atoms with Gasteiger partial charge in [0.1, 0.15) is 11.4 Å². The summed E-state index contributed by atoms with van der Waals surface area (Å²) in [6.45, 7) is 13.6. The Morgan fingerprint density at radius 3 is 2.49 bits per heavy atom. The van der Waals surface area contributed by atoms with Gasteiger partial charge in [-0.15, -0.1) is 0 Å². The summed E-state index contributed by atoms with van der Waals surface area (Å²) in [6.07, 6.45) is 1.33. The maximum Gasteiger partial charge on any atom is 0.340 e. The highest BCUT2D eigenvalue weighted by atomic mass is 16.5. The largest absolute Gasteiger partial charge is 0.493 e. The normalized spacial score (nSPS) is 14.8. The van der Waals surface area contributed by atoms with Crippen LogP contribution in [0.5, 0.6) is 5.75 Å². The Morgan fingerprint density at radius 2 is 1.83 bits per heavy atom. The van der Waals surface area contributed by atoms with Gasteiger partial charge in [-0.2, -0.15) is 0 Å². The number of aromatic nitrogens is 2. The third kappa shape index (κ3) is 10.7. The lowest BCUT2D eigenvalue weighted by Crippen LogP contribution is -2.49. The molecular weight excluding hydrogens is 602 g/mol. The minimum absolute atomic E-state index is 0. The van der Waals surface area contributed by atoms with Crippen molar-refractivity contribution < 1.29 is 39.2 Å². The molecule has 1 saturated heterocycles. The van der Waals surface area contributed by atoms with Gasteiger partial charge in [0.2, 0.25) is 11.8 Å². The van der Waals surface area contributed by atoms with E-state index in [0.717, 1.165) is 23.4 Å². The van der Waals surface area contributed by atoms with Crippen LogP contribution in [0.15, 0.2) is 30.3 Å². The molecule has 4 rings (SSSR count). The van der Waals surface area contributed by atoms with E-state index in [9.17, 15) is 24.0 Å². The number of ether oxygens (including phenoxy) is 2. The molecule has 262 valence electrons. The van der Waals surface area contributed by atoms with Gasteiger partial charge in [0.05, 0.1) is 30.5 Å². The third-order valence-corrected chi connectivity index (χ3v) is 7.30. The summed E-state index contributed by atoms with van der Waals surface area (Å²) in [5.41, 5.74) is 3.13. The zero-order valence-corrected chi connectivity index (χ0v) is 28.4. The van der Waals surface area contributed by atoms with E-state index in [1.165, 1.54) is 0 Å². The van der Waals surface area contributed by atoms with Crippen molar-refractivity contribution in [2.24, 2.45) is 11.8 Å². The molecular formula is C35H55N5O7. The van der Waals surface area contributed by atoms with Crippen LogP contribution < -0.4 is 20.7 Å². The van der Waals surface area contributed by atoms with Gasteiger partial charge in [-0.3, -0.25) is 24.2 Å². The van der Waals surface area contributed by atoms with Crippen LogP contribution in [0.4, 0.5) is 0 Å². The van der Waals surface area contributed by atoms with E-state index in [1.807, 2.05) is 19.9 Å². The molecule has 1 fully saturated rings. The fraction of sp³-hybridized carbons (Fsp3) is 0.486. The zero-order chi connectivity index (χ0) is 34.7. The molecule has 0 saturated carbocycles. The lowest BCUT2D eigenvalue weighted by molar-refractivity contribution is -0.132. The number of hydrogen-bond acceptors (Lipinski definition) is 8. The van der Waals surface area contributed by atoms with E-state index in [0.29, 0.717) is 42.1 Å². The van der Waals surface area contributed by atoms with E-state index >= 15 is 0 Å². The first kappa shape index (κ1) is 36.7. The summed E-state index contributed by atoms with van der Waals surface area (Å²) in [5.74, 6) is -1.65. The van der Waals surface area contributed by atoms with Crippen LogP contribution in [-0.2, 0) is 19.1 Å². The first-order valence-electron chi connectivity index (χ1n) is 16.0. The number of carbonyl (C=O) groups excluding carboxylic acids is 5. The quantitative estimate of drug-likeness (QED) is 0.195. The number of benzene rings is 1. The highest BCUT2D eigenvalue weighted by molar-refractivity contribution is 6.01. The minimum atomic E-state index is -1.11. The SMILES string of the molecule is CC(C)C.CCOc1cccc2[nH]c(C(=O)NCC(=O)N[C@@H](C[C@@H]3CCCNC3=O)C(=O)COC(=O)c3c(C)cc(C)nc3C)cc12.[HH].[HH].[HH].[HH]. The third-order valence-electron chi connectivity index (χ3n) is 7.30. The minimum Gasteiger partial charge on any atom is -0.493 e. The Hall–Kier alpha value is -4.74. The van der Waals surface area contributed by atoms with Crippen molar-refractivity contribution >= 4 is 40.4 Å². The standard InChI is InChI=1S/C31H37N5O7.C4H10.4H2/c1-5-42-26-10-6-9-22-21(26)14-24(35-22)30(40)33-15-27(38)36-23(13-20-8-7-11-32-29(20)39)25(37)16-43-31(41)28-17(2)12-18(3)34-19(28)4;1-4(2)3;;;;/h6,9-10,12,14,20,23,35H,5,7-8,11,13,15-16H2,1-4H3,(H,32,39)(H,33,40)(H,36,38);4H,1-3H3;4*1H/t20-,23-;;;;;/m0...../s1. The van der Waals surface area contributed by atoms with E-state index < -0.39 is 48.7 Å². The highest BCUT2D eigenvalue weighted by Gasteiger charge is 2.31. The average Bonchev–Trinajstić information content (AvgIpc) is 3.44. The number of aromatic amines is 1. The maximum atomic E-state index is 13.2. The Balaban J connectivity index is 0. The molecule has 47 heavy (non-hydrogen) atoms. The molecule has 3 amide bonds. The van der Waals surface area contributed by atoms with Crippen LogP contribution >= 0.6 is 0 Å². The molecule has 0 unspecified atom stereocenters. The van der Waals surface area contributed by atoms with Gasteiger partial charge in [-0.25, -0.2) is 4.79 Å². The highest BCUT2D eigenvalue weighted by Crippen LogP contribution is 2.26. The molecule has 3 aromatic rings. The molecule has 2 aromatic heterocycles. The predicted molar refractivity (Wildman–Crippen MR) is 187 cm³/mol. The summed E-state index contributed by atoms with van der Waals surface area (Å²) in [6, 6.07) is 7.70. The van der Waals surface area contributed by atoms with Crippen molar-refractivity contribution in [3.05, 3.63) is 58.5 Å². The Bertz CT molecular complexity index is 1590. The molecule has 4 N–H and O–H groups in total. The molecule has 1 aromatic carbocycles. The Kier molecular flexibility index (Phi) is 13.5. The van der Waals surface area contributed by atoms with E-state index in [2.05, 4.69) is 46.7 Å². The number of amides is 3. The molecule has 1 aliphatic rings. The molecule has 1 aliphatic heterocycles. The second-order valence-corrected chi connectivity index (χ2v) is 12.3. The molecule has 0 bridgehead atoms. The van der Waals surface area contributed by atoms with Crippen LogP contribution in [0, 0.1) is 32.6 Å². The van der Waals surface area contributed by atoms with Gasteiger partial charge in [-0.05, 0) is 82.7 Å². The van der Waals surface area contributed by atoms with Gasteiger partial charge in [-0.1, -0.05) is 26.8 Å². The van der Waals surface area contributed by atoms with E-state index in [4.69, 9.17) is 9.47 Å². The number of piperidine rings is 1.